The Morgan fingerprint density at radius 3 is 1.81 bits per heavy atom. The molecular formula is C7H10F3NO5. The number of rotatable bonds is 1. The zero-order valence-corrected chi connectivity index (χ0v) is 7.86. The summed E-state index contributed by atoms with van der Waals surface area (Å²) in [5.41, 5.74) is 0. The summed E-state index contributed by atoms with van der Waals surface area (Å²) in [6.07, 6.45) is -5.25. The van der Waals surface area contributed by atoms with Crippen molar-refractivity contribution in [2.24, 2.45) is 0 Å². The highest BCUT2D eigenvalue weighted by Crippen LogP contribution is 2.13. The molecule has 0 saturated carbocycles. The number of carbonyl (C=O) groups is 2. The van der Waals surface area contributed by atoms with Gasteiger partial charge in [0, 0.05) is 0 Å². The van der Waals surface area contributed by atoms with E-state index in [-0.39, 0.29) is 0 Å². The zero-order chi connectivity index (χ0) is 12.9. The number of halogens is 3. The average Bonchev–Trinajstić information content (AvgIpc) is 2.50. The molecule has 0 radical (unpaired) electrons. The number of carboxylic acid groups (broad SMARTS) is 2. The monoisotopic (exact) mass is 245 g/mol. The third-order valence-electron chi connectivity index (χ3n) is 1.70. The second kappa shape index (κ2) is 5.66. The largest absolute Gasteiger partial charge is 0.490 e. The summed E-state index contributed by atoms with van der Waals surface area (Å²) < 4.78 is 31.7. The van der Waals surface area contributed by atoms with Crippen molar-refractivity contribution in [2.75, 3.05) is 6.54 Å². The fourth-order valence-electron chi connectivity index (χ4n) is 0.941. The quantitative estimate of drug-likeness (QED) is 0.492. The molecule has 0 aromatic heterocycles. The van der Waals surface area contributed by atoms with Crippen LogP contribution in [0.4, 0.5) is 13.2 Å². The number of nitrogens with one attached hydrogen (secondary N) is 1. The van der Waals surface area contributed by atoms with Crippen LogP contribution < -0.4 is 5.32 Å². The fourth-order valence-corrected chi connectivity index (χ4v) is 0.941. The molecule has 0 spiro atoms. The summed E-state index contributed by atoms with van der Waals surface area (Å²) in [5.74, 6) is -3.73. The SMILES string of the molecule is O=C(O)C(F)(F)F.O=C(O)[C@H]1NCC[C@@H]1O. The number of aliphatic hydroxyl groups is 1. The molecule has 1 aliphatic heterocycles. The maximum atomic E-state index is 10.6. The maximum Gasteiger partial charge on any atom is 0.490 e. The summed E-state index contributed by atoms with van der Waals surface area (Å²) in [6, 6.07) is -0.745. The molecule has 0 bridgehead atoms. The summed E-state index contributed by atoms with van der Waals surface area (Å²) in [4.78, 5) is 19.1. The first-order chi connectivity index (χ1) is 7.16. The zero-order valence-electron chi connectivity index (χ0n) is 7.86. The van der Waals surface area contributed by atoms with Crippen molar-refractivity contribution in [3.63, 3.8) is 0 Å². The van der Waals surface area contributed by atoms with Gasteiger partial charge in [-0.25, -0.2) is 4.79 Å². The minimum atomic E-state index is -5.08. The number of aliphatic hydroxyl groups excluding tert-OH is 1. The maximum absolute atomic E-state index is 10.6. The van der Waals surface area contributed by atoms with Crippen molar-refractivity contribution in [3.8, 4) is 0 Å². The van der Waals surface area contributed by atoms with E-state index in [1.54, 1.807) is 0 Å². The van der Waals surface area contributed by atoms with Crippen molar-refractivity contribution in [3.05, 3.63) is 0 Å². The van der Waals surface area contributed by atoms with Gasteiger partial charge in [0.2, 0.25) is 0 Å². The van der Waals surface area contributed by atoms with Crippen molar-refractivity contribution < 1.29 is 38.1 Å². The lowest BCUT2D eigenvalue weighted by molar-refractivity contribution is -0.192. The Kier molecular flexibility index (Phi) is 5.18. The highest BCUT2D eigenvalue weighted by molar-refractivity contribution is 5.74. The third kappa shape index (κ3) is 4.94. The Labute approximate surface area is 87.7 Å². The van der Waals surface area contributed by atoms with Crippen LogP contribution in [0, 0.1) is 0 Å². The second-order valence-electron chi connectivity index (χ2n) is 2.93. The molecule has 9 heteroatoms. The topological polar surface area (TPSA) is 107 Å². The fraction of sp³-hybridized carbons (Fsp3) is 0.714. The van der Waals surface area contributed by atoms with E-state index in [1.807, 2.05) is 0 Å². The van der Waals surface area contributed by atoms with Gasteiger partial charge < -0.3 is 20.6 Å². The summed E-state index contributed by atoms with van der Waals surface area (Å²) in [6.45, 7) is 0.595. The normalized spacial score (nSPS) is 24.5. The molecule has 1 aliphatic rings. The molecular weight excluding hydrogens is 235 g/mol. The number of hydrogen-bond acceptors (Lipinski definition) is 4. The molecule has 2 atom stereocenters. The van der Waals surface area contributed by atoms with Gasteiger partial charge in [0.05, 0.1) is 6.10 Å². The molecule has 1 heterocycles. The number of carboxylic acids is 2. The molecule has 94 valence electrons. The van der Waals surface area contributed by atoms with Crippen LogP contribution in [0.5, 0.6) is 0 Å². The standard InChI is InChI=1S/C5H9NO3.C2HF3O2/c7-3-1-2-6-4(3)5(8)9;3-2(4,5)1(6)7/h3-4,6-7H,1-2H2,(H,8,9);(H,6,7)/t3-,4-;/m0./s1. The third-order valence-corrected chi connectivity index (χ3v) is 1.70. The van der Waals surface area contributed by atoms with E-state index in [0.717, 1.165) is 0 Å². The smallest absolute Gasteiger partial charge is 0.480 e. The number of hydrogen-bond donors (Lipinski definition) is 4. The van der Waals surface area contributed by atoms with Gasteiger partial charge in [-0.05, 0) is 13.0 Å². The summed E-state index contributed by atoms with van der Waals surface area (Å²) in [5, 5.41) is 27.1. The van der Waals surface area contributed by atoms with E-state index in [0.29, 0.717) is 13.0 Å². The van der Waals surface area contributed by atoms with E-state index in [2.05, 4.69) is 5.32 Å². The molecule has 16 heavy (non-hydrogen) atoms. The van der Waals surface area contributed by atoms with Crippen LogP contribution in [0.25, 0.3) is 0 Å². The van der Waals surface area contributed by atoms with Crippen LogP contribution >= 0.6 is 0 Å². The van der Waals surface area contributed by atoms with Crippen molar-refractivity contribution in [1.82, 2.24) is 5.32 Å². The Balaban J connectivity index is 0.000000293. The molecule has 0 aliphatic carbocycles. The van der Waals surface area contributed by atoms with Gasteiger partial charge >= 0.3 is 18.1 Å². The van der Waals surface area contributed by atoms with E-state index < -0.39 is 30.3 Å². The molecule has 0 amide bonds. The predicted molar refractivity (Wildman–Crippen MR) is 43.7 cm³/mol. The Morgan fingerprint density at radius 1 is 1.25 bits per heavy atom. The second-order valence-corrected chi connectivity index (χ2v) is 2.93. The highest BCUT2D eigenvalue weighted by atomic mass is 19.4. The van der Waals surface area contributed by atoms with E-state index >= 15 is 0 Å². The van der Waals surface area contributed by atoms with Crippen LogP contribution in [0.1, 0.15) is 6.42 Å². The van der Waals surface area contributed by atoms with Gasteiger partial charge in [-0.15, -0.1) is 0 Å². The first-order valence-electron chi connectivity index (χ1n) is 4.10. The lowest BCUT2D eigenvalue weighted by Gasteiger charge is -2.06. The van der Waals surface area contributed by atoms with Crippen LogP contribution in [0.3, 0.4) is 0 Å². The lowest BCUT2D eigenvalue weighted by Crippen LogP contribution is -2.38. The first-order valence-corrected chi connectivity index (χ1v) is 4.10. The van der Waals surface area contributed by atoms with Crippen LogP contribution in [0.2, 0.25) is 0 Å². The molecule has 0 aromatic rings. The molecule has 6 nitrogen and oxygen atoms in total. The number of alkyl halides is 3. The molecule has 0 aromatic carbocycles. The molecule has 0 unspecified atom stereocenters. The van der Waals surface area contributed by atoms with Crippen LogP contribution in [-0.2, 0) is 9.59 Å². The average molecular weight is 245 g/mol. The Bertz CT molecular complexity index is 267. The Morgan fingerprint density at radius 2 is 1.69 bits per heavy atom. The van der Waals surface area contributed by atoms with Crippen LogP contribution in [-0.4, -0.2) is 52.1 Å². The lowest BCUT2D eigenvalue weighted by atomic mass is 10.2. The van der Waals surface area contributed by atoms with Gasteiger partial charge in [-0.1, -0.05) is 0 Å². The number of aliphatic carboxylic acids is 2. The Hall–Kier alpha value is -1.35. The minimum Gasteiger partial charge on any atom is -0.480 e. The van der Waals surface area contributed by atoms with Gasteiger partial charge in [0.1, 0.15) is 6.04 Å². The van der Waals surface area contributed by atoms with Gasteiger partial charge in [0.25, 0.3) is 0 Å². The van der Waals surface area contributed by atoms with Crippen LogP contribution in [0.15, 0.2) is 0 Å². The van der Waals surface area contributed by atoms with Crippen molar-refractivity contribution >= 4 is 11.9 Å². The van der Waals surface area contributed by atoms with E-state index in [9.17, 15) is 18.0 Å². The van der Waals surface area contributed by atoms with Gasteiger partial charge in [-0.2, -0.15) is 13.2 Å². The van der Waals surface area contributed by atoms with E-state index in [4.69, 9.17) is 20.1 Å². The summed E-state index contributed by atoms with van der Waals surface area (Å²) >= 11 is 0. The highest BCUT2D eigenvalue weighted by Gasteiger charge is 2.38. The van der Waals surface area contributed by atoms with E-state index in [1.165, 1.54) is 0 Å². The molecule has 1 fully saturated rings. The summed E-state index contributed by atoms with van der Waals surface area (Å²) in [7, 11) is 0. The van der Waals surface area contributed by atoms with Crippen molar-refractivity contribution in [2.45, 2.75) is 24.7 Å². The van der Waals surface area contributed by atoms with Crippen molar-refractivity contribution in [1.29, 1.82) is 0 Å². The van der Waals surface area contributed by atoms with Gasteiger partial charge in [-0.3, -0.25) is 4.79 Å². The predicted octanol–water partition coefficient (Wildman–Crippen LogP) is -0.573. The first kappa shape index (κ1) is 14.6. The molecule has 4 N–H and O–H groups in total. The minimum absolute atomic E-state index is 0.539. The van der Waals surface area contributed by atoms with Gasteiger partial charge in [0.15, 0.2) is 0 Å². The molecule has 1 rings (SSSR count). The molecule has 1 saturated heterocycles.